The summed E-state index contributed by atoms with van der Waals surface area (Å²) in [5.74, 6) is -0.446. The average Bonchev–Trinajstić information content (AvgIpc) is 2.78. The number of amides is 1. The highest BCUT2D eigenvalue weighted by Crippen LogP contribution is 2.31. The quantitative estimate of drug-likeness (QED) is 0.687. The van der Waals surface area contributed by atoms with E-state index >= 15 is 0 Å². The van der Waals surface area contributed by atoms with Crippen molar-refractivity contribution in [2.24, 2.45) is 5.41 Å². The second kappa shape index (κ2) is 6.00. The van der Waals surface area contributed by atoms with Gasteiger partial charge in [-0.3, -0.25) is 4.79 Å². The number of ether oxygens (including phenoxy) is 1. The molecule has 1 aliphatic heterocycles. The second-order valence-electron chi connectivity index (χ2n) is 4.68. The molecule has 5 nitrogen and oxygen atoms in total. The third-order valence-electron chi connectivity index (χ3n) is 3.36. The van der Waals surface area contributed by atoms with E-state index in [1.807, 2.05) is 0 Å². The molecule has 0 radical (unpaired) electrons. The maximum atomic E-state index is 12.2. The molecule has 98 valence electrons. The van der Waals surface area contributed by atoms with Gasteiger partial charge < -0.3 is 15.4 Å². The molecule has 1 saturated heterocycles. The van der Waals surface area contributed by atoms with E-state index in [-0.39, 0.29) is 11.3 Å². The van der Waals surface area contributed by atoms with Crippen LogP contribution in [0.15, 0.2) is 0 Å². The van der Waals surface area contributed by atoms with E-state index in [2.05, 4.69) is 22.3 Å². The Bertz CT molecular complexity index is 285. The molecule has 0 spiro atoms. The lowest BCUT2D eigenvalue weighted by Crippen LogP contribution is -2.48. The van der Waals surface area contributed by atoms with Gasteiger partial charge in [-0.1, -0.05) is 13.3 Å². The summed E-state index contributed by atoms with van der Waals surface area (Å²) in [7, 11) is 1.32. The molecule has 0 saturated carbocycles. The largest absolute Gasteiger partial charge is 0.467 e. The van der Waals surface area contributed by atoms with E-state index in [4.69, 9.17) is 0 Å². The Morgan fingerprint density at radius 1 is 1.53 bits per heavy atom. The number of hydrogen-bond acceptors (Lipinski definition) is 4. The fraction of sp³-hybridized carbons (Fsp3) is 0.833. The maximum absolute atomic E-state index is 12.2. The Labute approximate surface area is 102 Å². The highest BCUT2D eigenvalue weighted by molar-refractivity contribution is 5.88. The van der Waals surface area contributed by atoms with Crippen molar-refractivity contribution < 1.29 is 14.3 Å². The van der Waals surface area contributed by atoms with Crippen LogP contribution in [0.5, 0.6) is 0 Å². The first-order valence-corrected chi connectivity index (χ1v) is 6.15. The zero-order valence-corrected chi connectivity index (χ0v) is 10.8. The number of rotatable bonds is 5. The van der Waals surface area contributed by atoms with Gasteiger partial charge in [-0.15, -0.1) is 0 Å². The van der Waals surface area contributed by atoms with Gasteiger partial charge in [0.2, 0.25) is 5.91 Å². The Balaban J connectivity index is 2.63. The summed E-state index contributed by atoms with van der Waals surface area (Å²) < 4.78 is 4.60. The van der Waals surface area contributed by atoms with Crippen LogP contribution in [0.2, 0.25) is 0 Å². The number of hydrogen-bond donors (Lipinski definition) is 2. The van der Waals surface area contributed by atoms with Crippen LogP contribution in [0.25, 0.3) is 0 Å². The molecule has 2 N–H and O–H groups in total. The van der Waals surface area contributed by atoms with Crippen molar-refractivity contribution in [3.05, 3.63) is 0 Å². The van der Waals surface area contributed by atoms with Gasteiger partial charge in [-0.2, -0.15) is 0 Å². The first-order valence-electron chi connectivity index (χ1n) is 6.15. The molecule has 17 heavy (non-hydrogen) atoms. The summed E-state index contributed by atoms with van der Waals surface area (Å²) >= 11 is 0. The Morgan fingerprint density at radius 3 is 2.71 bits per heavy atom. The lowest BCUT2D eigenvalue weighted by atomic mass is 9.81. The van der Waals surface area contributed by atoms with Crippen LogP contribution in [0.4, 0.5) is 0 Å². The summed E-state index contributed by atoms with van der Waals surface area (Å²) in [6, 6.07) is -0.582. The maximum Gasteiger partial charge on any atom is 0.328 e. The molecule has 1 amide bonds. The van der Waals surface area contributed by atoms with Crippen LogP contribution >= 0.6 is 0 Å². The van der Waals surface area contributed by atoms with Crippen LogP contribution in [0.3, 0.4) is 0 Å². The second-order valence-corrected chi connectivity index (χ2v) is 4.68. The molecule has 0 bridgehead atoms. The molecule has 1 aliphatic rings. The Kier molecular flexibility index (Phi) is 4.93. The van der Waals surface area contributed by atoms with Gasteiger partial charge in [0.25, 0.3) is 0 Å². The molecule has 0 aliphatic carbocycles. The van der Waals surface area contributed by atoms with Crippen LogP contribution in [-0.4, -0.2) is 38.1 Å². The molecule has 1 fully saturated rings. The molecule has 2 atom stereocenters. The topological polar surface area (TPSA) is 67.4 Å². The van der Waals surface area contributed by atoms with E-state index < -0.39 is 12.0 Å². The summed E-state index contributed by atoms with van der Waals surface area (Å²) in [6.45, 7) is 5.27. The first kappa shape index (κ1) is 14.0. The fourth-order valence-corrected chi connectivity index (χ4v) is 2.33. The summed E-state index contributed by atoms with van der Waals surface area (Å²) in [5, 5.41) is 5.96. The predicted molar refractivity (Wildman–Crippen MR) is 64.4 cm³/mol. The van der Waals surface area contributed by atoms with Crippen molar-refractivity contribution in [2.75, 3.05) is 20.2 Å². The first-order chi connectivity index (χ1) is 8.05. The zero-order chi connectivity index (χ0) is 12.9. The minimum Gasteiger partial charge on any atom is -0.467 e. The average molecular weight is 242 g/mol. The van der Waals surface area contributed by atoms with E-state index in [1.54, 1.807) is 6.92 Å². The van der Waals surface area contributed by atoms with Crippen LogP contribution in [0, 0.1) is 5.41 Å². The molecular weight excluding hydrogens is 220 g/mol. The molecule has 0 aromatic heterocycles. The van der Waals surface area contributed by atoms with Gasteiger partial charge in [0.15, 0.2) is 0 Å². The number of carbonyl (C=O) groups is 2. The minimum absolute atomic E-state index is 0.0396. The van der Waals surface area contributed by atoms with Crippen LogP contribution < -0.4 is 10.6 Å². The van der Waals surface area contributed by atoms with Gasteiger partial charge >= 0.3 is 5.97 Å². The lowest BCUT2D eigenvalue weighted by Gasteiger charge is -2.27. The van der Waals surface area contributed by atoms with Gasteiger partial charge in [0.1, 0.15) is 6.04 Å². The van der Waals surface area contributed by atoms with Gasteiger partial charge in [-0.25, -0.2) is 4.79 Å². The smallest absolute Gasteiger partial charge is 0.328 e. The molecule has 1 heterocycles. The third-order valence-corrected chi connectivity index (χ3v) is 3.36. The monoisotopic (exact) mass is 242 g/mol. The number of methoxy groups -OCH3 is 1. The van der Waals surface area contributed by atoms with Crippen molar-refractivity contribution in [3.63, 3.8) is 0 Å². The van der Waals surface area contributed by atoms with Crippen LogP contribution in [0.1, 0.15) is 33.1 Å². The molecule has 0 aromatic carbocycles. The lowest BCUT2D eigenvalue weighted by molar-refractivity contribution is -0.146. The van der Waals surface area contributed by atoms with E-state index in [1.165, 1.54) is 7.11 Å². The van der Waals surface area contributed by atoms with Crippen molar-refractivity contribution >= 4 is 11.9 Å². The summed E-state index contributed by atoms with van der Waals surface area (Å²) in [5.41, 5.74) is -0.350. The standard InChI is InChI=1S/C12H22N2O3/c1-4-5-12(6-7-13-8-12)11(16)14-9(2)10(15)17-3/h9,13H,4-8H2,1-3H3,(H,14,16). The van der Waals surface area contributed by atoms with Gasteiger partial charge in [0, 0.05) is 6.54 Å². The number of carbonyl (C=O) groups excluding carboxylic acids is 2. The summed E-state index contributed by atoms with van der Waals surface area (Å²) in [4.78, 5) is 23.5. The molecule has 2 unspecified atom stereocenters. The molecule has 1 rings (SSSR count). The highest BCUT2D eigenvalue weighted by Gasteiger charge is 2.41. The van der Waals surface area contributed by atoms with Crippen molar-refractivity contribution in [1.82, 2.24) is 10.6 Å². The molecular formula is C12H22N2O3. The number of nitrogens with one attached hydrogen (secondary N) is 2. The van der Waals surface area contributed by atoms with E-state index in [0.29, 0.717) is 6.54 Å². The van der Waals surface area contributed by atoms with E-state index in [0.717, 1.165) is 25.8 Å². The van der Waals surface area contributed by atoms with Crippen LogP contribution in [-0.2, 0) is 14.3 Å². The van der Waals surface area contributed by atoms with Gasteiger partial charge in [0.05, 0.1) is 12.5 Å². The van der Waals surface area contributed by atoms with E-state index in [9.17, 15) is 9.59 Å². The SMILES string of the molecule is CCCC1(C(=O)NC(C)C(=O)OC)CCNC1. The predicted octanol–water partition coefficient (Wildman–Crippen LogP) is 0.444. The zero-order valence-electron chi connectivity index (χ0n) is 10.8. The Morgan fingerprint density at radius 2 is 2.24 bits per heavy atom. The summed E-state index contributed by atoms with van der Waals surface area (Å²) in [6.07, 6.45) is 2.64. The fourth-order valence-electron chi connectivity index (χ4n) is 2.33. The normalized spacial score (nSPS) is 25.4. The third kappa shape index (κ3) is 3.19. The van der Waals surface area contributed by atoms with Crippen molar-refractivity contribution in [2.45, 2.75) is 39.2 Å². The minimum atomic E-state index is -0.582. The Hall–Kier alpha value is -1.10. The molecule has 5 heteroatoms. The van der Waals surface area contributed by atoms with Crippen molar-refractivity contribution in [1.29, 1.82) is 0 Å². The van der Waals surface area contributed by atoms with Crippen molar-refractivity contribution in [3.8, 4) is 0 Å². The number of esters is 1. The molecule has 0 aromatic rings. The van der Waals surface area contributed by atoms with Gasteiger partial charge in [-0.05, 0) is 26.3 Å². The highest BCUT2D eigenvalue weighted by atomic mass is 16.5.